The van der Waals surface area contributed by atoms with E-state index in [2.05, 4.69) is 0 Å². The average molecular weight is 253 g/mol. The lowest BCUT2D eigenvalue weighted by Crippen LogP contribution is -2.39. The first kappa shape index (κ1) is 12.7. The number of rotatable bonds is 3. The first-order valence-corrected chi connectivity index (χ1v) is 5.84. The molecule has 0 aliphatic carbocycles. The van der Waals surface area contributed by atoms with Crippen molar-refractivity contribution in [1.82, 2.24) is 4.90 Å². The molecule has 0 radical (unpaired) electrons. The highest BCUT2D eigenvalue weighted by Gasteiger charge is 2.21. The van der Waals surface area contributed by atoms with Gasteiger partial charge in [-0.3, -0.25) is 9.59 Å². The van der Waals surface area contributed by atoms with E-state index in [0.717, 1.165) is 25.0 Å². The van der Waals surface area contributed by atoms with Crippen LogP contribution in [0.5, 0.6) is 0 Å². The van der Waals surface area contributed by atoms with Gasteiger partial charge < -0.3 is 4.90 Å². The Morgan fingerprint density at radius 3 is 2.67 bits per heavy atom. The summed E-state index contributed by atoms with van der Waals surface area (Å²) in [5.74, 6) is -2.47. The first-order valence-electron chi connectivity index (χ1n) is 5.84. The molecule has 0 bridgehead atoms. The number of Topliss-reactive ketones (excluding diaryl/α,β-unsaturated/α-hetero) is 1. The van der Waals surface area contributed by atoms with E-state index in [0.29, 0.717) is 13.0 Å². The number of carbonyl (C=O) groups is 2. The van der Waals surface area contributed by atoms with Gasteiger partial charge in [-0.1, -0.05) is 0 Å². The van der Waals surface area contributed by atoms with Crippen LogP contribution in [-0.4, -0.2) is 29.7 Å². The van der Waals surface area contributed by atoms with Crippen LogP contribution in [0.25, 0.3) is 0 Å². The molecule has 3 nitrogen and oxygen atoms in total. The summed E-state index contributed by atoms with van der Waals surface area (Å²) in [6, 6.07) is 3.02. The average Bonchev–Trinajstić information content (AvgIpc) is 2.35. The van der Waals surface area contributed by atoms with Gasteiger partial charge in [0.2, 0.25) is 5.91 Å². The third-order valence-electron chi connectivity index (χ3n) is 3.00. The van der Waals surface area contributed by atoms with Crippen LogP contribution in [0.2, 0.25) is 0 Å². The van der Waals surface area contributed by atoms with E-state index >= 15 is 0 Å². The van der Waals surface area contributed by atoms with Gasteiger partial charge in [0.05, 0.1) is 6.54 Å². The van der Waals surface area contributed by atoms with Crippen molar-refractivity contribution in [2.45, 2.75) is 19.3 Å². The number of nitrogens with zero attached hydrogens (tertiary/aromatic N) is 1. The van der Waals surface area contributed by atoms with Crippen LogP contribution in [0.3, 0.4) is 0 Å². The van der Waals surface area contributed by atoms with Crippen LogP contribution in [0.1, 0.15) is 29.6 Å². The molecule has 0 aromatic heterocycles. The van der Waals surface area contributed by atoms with Gasteiger partial charge in [0, 0.05) is 18.5 Å². The van der Waals surface area contributed by atoms with Gasteiger partial charge in [0.15, 0.2) is 17.4 Å². The number of likely N-dealkylation sites (tertiary alicyclic amines) is 1. The van der Waals surface area contributed by atoms with E-state index in [9.17, 15) is 18.4 Å². The topological polar surface area (TPSA) is 37.4 Å². The SMILES string of the molecule is O=C(CN1CCCCC1=O)c1ccc(F)c(F)c1. The van der Waals surface area contributed by atoms with Gasteiger partial charge in [-0.2, -0.15) is 0 Å². The van der Waals surface area contributed by atoms with Crippen LogP contribution in [0, 0.1) is 11.6 Å². The molecule has 1 heterocycles. The molecule has 1 aliphatic rings. The molecule has 5 heteroatoms. The fourth-order valence-electron chi connectivity index (χ4n) is 1.96. The van der Waals surface area contributed by atoms with Crippen LogP contribution in [0.4, 0.5) is 8.78 Å². The zero-order valence-corrected chi connectivity index (χ0v) is 9.79. The maximum Gasteiger partial charge on any atom is 0.222 e. The van der Waals surface area contributed by atoms with Crippen LogP contribution >= 0.6 is 0 Å². The number of benzene rings is 1. The third-order valence-corrected chi connectivity index (χ3v) is 3.00. The predicted octanol–water partition coefficient (Wildman–Crippen LogP) is 2.16. The predicted molar refractivity (Wildman–Crippen MR) is 61.1 cm³/mol. The maximum atomic E-state index is 13.0. The molecule has 0 spiro atoms. The fourth-order valence-corrected chi connectivity index (χ4v) is 1.96. The number of piperidine rings is 1. The molecular formula is C13H13F2NO2. The molecule has 0 N–H and O–H groups in total. The van der Waals surface area contributed by atoms with Crippen LogP contribution in [-0.2, 0) is 4.79 Å². The van der Waals surface area contributed by atoms with E-state index in [-0.39, 0.29) is 23.8 Å². The van der Waals surface area contributed by atoms with E-state index in [1.807, 2.05) is 0 Å². The van der Waals surface area contributed by atoms with E-state index < -0.39 is 11.6 Å². The minimum atomic E-state index is -1.05. The van der Waals surface area contributed by atoms with E-state index in [1.165, 1.54) is 11.0 Å². The maximum absolute atomic E-state index is 13.0. The highest BCUT2D eigenvalue weighted by Crippen LogP contribution is 2.13. The Morgan fingerprint density at radius 1 is 1.22 bits per heavy atom. The van der Waals surface area contributed by atoms with Gasteiger partial charge >= 0.3 is 0 Å². The largest absolute Gasteiger partial charge is 0.335 e. The smallest absolute Gasteiger partial charge is 0.222 e. The Bertz CT molecular complexity index is 488. The number of halogens is 2. The zero-order valence-electron chi connectivity index (χ0n) is 9.79. The Hall–Kier alpha value is -1.78. The lowest BCUT2D eigenvalue weighted by Gasteiger charge is -2.25. The molecule has 1 fully saturated rings. The molecule has 0 saturated carbocycles. The highest BCUT2D eigenvalue weighted by molar-refractivity contribution is 5.99. The number of ketones is 1. The van der Waals surface area contributed by atoms with Gasteiger partial charge in [-0.15, -0.1) is 0 Å². The van der Waals surface area contributed by atoms with Gasteiger partial charge in [0.1, 0.15) is 0 Å². The van der Waals surface area contributed by atoms with Crippen LogP contribution < -0.4 is 0 Å². The van der Waals surface area contributed by atoms with Crippen molar-refractivity contribution >= 4 is 11.7 Å². The Morgan fingerprint density at radius 2 is 2.00 bits per heavy atom. The Kier molecular flexibility index (Phi) is 3.69. The normalized spacial score (nSPS) is 15.9. The zero-order chi connectivity index (χ0) is 13.1. The Labute approximate surface area is 103 Å². The van der Waals surface area contributed by atoms with E-state index in [1.54, 1.807) is 0 Å². The second-order valence-electron chi connectivity index (χ2n) is 4.32. The molecular weight excluding hydrogens is 240 g/mol. The van der Waals surface area contributed by atoms with Gasteiger partial charge in [-0.05, 0) is 31.0 Å². The molecule has 1 saturated heterocycles. The molecule has 0 atom stereocenters. The van der Waals surface area contributed by atoms with Gasteiger partial charge in [0.25, 0.3) is 0 Å². The molecule has 1 amide bonds. The standard InChI is InChI=1S/C13H13F2NO2/c14-10-5-4-9(7-11(10)15)12(17)8-16-6-2-1-3-13(16)18/h4-5,7H,1-3,6,8H2. The number of carbonyl (C=O) groups excluding carboxylic acids is 2. The van der Waals surface area contributed by atoms with Crippen molar-refractivity contribution in [3.8, 4) is 0 Å². The van der Waals surface area contributed by atoms with Crippen molar-refractivity contribution in [3.05, 3.63) is 35.4 Å². The van der Waals surface area contributed by atoms with Gasteiger partial charge in [-0.25, -0.2) is 8.78 Å². The van der Waals surface area contributed by atoms with Crippen molar-refractivity contribution in [2.24, 2.45) is 0 Å². The van der Waals surface area contributed by atoms with Crippen molar-refractivity contribution in [1.29, 1.82) is 0 Å². The summed E-state index contributed by atoms with van der Waals surface area (Å²) in [6.07, 6.45) is 2.16. The van der Waals surface area contributed by atoms with Crippen molar-refractivity contribution in [3.63, 3.8) is 0 Å². The molecule has 2 rings (SSSR count). The minimum absolute atomic E-state index is 0.0582. The minimum Gasteiger partial charge on any atom is -0.335 e. The summed E-state index contributed by atoms with van der Waals surface area (Å²) >= 11 is 0. The second kappa shape index (κ2) is 5.25. The number of hydrogen-bond acceptors (Lipinski definition) is 2. The molecule has 1 aliphatic heterocycles. The summed E-state index contributed by atoms with van der Waals surface area (Å²) in [5, 5.41) is 0. The molecule has 0 unspecified atom stereocenters. The Balaban J connectivity index is 2.07. The third kappa shape index (κ3) is 2.72. The molecule has 18 heavy (non-hydrogen) atoms. The summed E-state index contributed by atoms with van der Waals surface area (Å²) in [5.41, 5.74) is 0.0901. The lowest BCUT2D eigenvalue weighted by molar-refractivity contribution is -0.132. The highest BCUT2D eigenvalue weighted by atomic mass is 19.2. The summed E-state index contributed by atoms with van der Waals surface area (Å²) in [7, 11) is 0. The quantitative estimate of drug-likeness (QED) is 0.774. The number of hydrogen-bond donors (Lipinski definition) is 0. The van der Waals surface area contributed by atoms with E-state index in [4.69, 9.17) is 0 Å². The van der Waals surface area contributed by atoms with Crippen molar-refractivity contribution < 1.29 is 18.4 Å². The summed E-state index contributed by atoms with van der Waals surface area (Å²) in [6.45, 7) is 0.484. The van der Waals surface area contributed by atoms with Crippen molar-refractivity contribution in [2.75, 3.05) is 13.1 Å². The fraction of sp³-hybridized carbons (Fsp3) is 0.385. The molecule has 1 aromatic carbocycles. The van der Waals surface area contributed by atoms with Crippen LogP contribution in [0.15, 0.2) is 18.2 Å². The summed E-state index contributed by atoms with van der Waals surface area (Å²) < 4.78 is 25.7. The monoisotopic (exact) mass is 253 g/mol. The first-order chi connectivity index (χ1) is 8.58. The second-order valence-corrected chi connectivity index (χ2v) is 4.32. The lowest BCUT2D eigenvalue weighted by atomic mass is 10.1. The number of amides is 1. The molecule has 1 aromatic rings. The summed E-state index contributed by atoms with van der Waals surface area (Å²) in [4.78, 5) is 24.8. The molecule has 96 valence electrons.